The largest absolute Gasteiger partial charge is 0.465 e. The van der Waals surface area contributed by atoms with E-state index in [1.807, 2.05) is 48.5 Å². The molecule has 1 amide bonds. The van der Waals surface area contributed by atoms with Crippen molar-refractivity contribution in [2.75, 3.05) is 5.32 Å². The van der Waals surface area contributed by atoms with Gasteiger partial charge in [-0.15, -0.1) is 0 Å². The van der Waals surface area contributed by atoms with Crippen molar-refractivity contribution in [1.29, 1.82) is 0 Å². The maximum absolute atomic E-state index is 12.3. The molecule has 31 heavy (non-hydrogen) atoms. The Balaban J connectivity index is 1.37. The van der Waals surface area contributed by atoms with Crippen LogP contribution in [-0.2, 0) is 4.79 Å². The van der Waals surface area contributed by atoms with E-state index < -0.39 is 0 Å². The molecule has 0 aliphatic heterocycles. The second-order valence-corrected chi connectivity index (χ2v) is 8.30. The van der Waals surface area contributed by atoms with E-state index in [0.29, 0.717) is 23.9 Å². The van der Waals surface area contributed by atoms with Gasteiger partial charge in [0, 0.05) is 12.5 Å². The van der Waals surface area contributed by atoms with Gasteiger partial charge >= 0.3 is 0 Å². The number of carbonyl (C=O) groups excluding carboxylic acids is 1. The third-order valence-electron chi connectivity index (χ3n) is 5.97. The van der Waals surface area contributed by atoms with Crippen LogP contribution in [-0.4, -0.2) is 10.9 Å². The van der Waals surface area contributed by atoms with Gasteiger partial charge < -0.3 is 10.1 Å². The maximum atomic E-state index is 12.3. The van der Waals surface area contributed by atoms with Crippen molar-refractivity contribution in [3.63, 3.8) is 0 Å². The Morgan fingerprint density at radius 3 is 2.13 bits per heavy atom. The molecule has 4 rings (SSSR count). The van der Waals surface area contributed by atoms with Gasteiger partial charge in [-0.25, -0.2) is 4.98 Å². The lowest BCUT2D eigenvalue weighted by molar-refractivity contribution is -0.116. The first-order valence-corrected chi connectivity index (χ1v) is 11.3. The van der Waals surface area contributed by atoms with Gasteiger partial charge in [0.25, 0.3) is 0 Å². The SMILES string of the molecule is O=C(CCC1CCCCC1)Nc1ccc(OC(c2ccccc2)c2ccccc2)nc1. The van der Waals surface area contributed by atoms with Crippen LogP contribution in [0.3, 0.4) is 0 Å². The zero-order valence-electron chi connectivity index (χ0n) is 17.9. The second-order valence-electron chi connectivity index (χ2n) is 8.30. The molecule has 160 valence electrons. The highest BCUT2D eigenvalue weighted by Crippen LogP contribution is 2.29. The molecule has 1 heterocycles. The molecular weight excluding hydrogens is 384 g/mol. The lowest BCUT2D eigenvalue weighted by atomic mass is 9.86. The number of carbonyl (C=O) groups is 1. The van der Waals surface area contributed by atoms with Crippen LogP contribution in [0.25, 0.3) is 0 Å². The number of hydrogen-bond donors (Lipinski definition) is 1. The van der Waals surface area contributed by atoms with E-state index in [1.165, 1.54) is 32.1 Å². The van der Waals surface area contributed by atoms with E-state index in [2.05, 4.69) is 34.6 Å². The number of nitrogens with zero attached hydrogens (tertiary/aromatic N) is 1. The number of hydrogen-bond acceptors (Lipinski definition) is 3. The molecule has 3 aromatic rings. The molecule has 1 N–H and O–H groups in total. The fourth-order valence-electron chi connectivity index (χ4n) is 4.26. The molecule has 0 bridgehead atoms. The quantitative estimate of drug-likeness (QED) is 0.455. The van der Waals surface area contributed by atoms with Crippen molar-refractivity contribution < 1.29 is 9.53 Å². The summed E-state index contributed by atoms with van der Waals surface area (Å²) < 4.78 is 6.25. The molecule has 4 nitrogen and oxygen atoms in total. The van der Waals surface area contributed by atoms with Crippen LogP contribution in [0.5, 0.6) is 5.88 Å². The predicted octanol–water partition coefficient (Wildman–Crippen LogP) is 6.55. The van der Waals surface area contributed by atoms with E-state index in [-0.39, 0.29) is 12.0 Å². The van der Waals surface area contributed by atoms with Crippen molar-refractivity contribution in [2.45, 2.75) is 51.0 Å². The lowest BCUT2D eigenvalue weighted by Gasteiger charge is -2.21. The van der Waals surface area contributed by atoms with Crippen LogP contribution in [0.15, 0.2) is 79.0 Å². The zero-order chi connectivity index (χ0) is 21.3. The van der Waals surface area contributed by atoms with Gasteiger partial charge in [0.1, 0.15) is 0 Å². The first-order valence-electron chi connectivity index (χ1n) is 11.3. The Bertz CT molecular complexity index is 896. The zero-order valence-corrected chi connectivity index (χ0v) is 17.9. The Morgan fingerprint density at radius 1 is 0.903 bits per heavy atom. The van der Waals surface area contributed by atoms with Gasteiger partial charge in [-0.2, -0.15) is 0 Å². The van der Waals surface area contributed by atoms with E-state index in [9.17, 15) is 4.79 Å². The van der Waals surface area contributed by atoms with E-state index >= 15 is 0 Å². The average molecular weight is 415 g/mol. The van der Waals surface area contributed by atoms with Crippen LogP contribution in [0.2, 0.25) is 0 Å². The third kappa shape index (κ3) is 6.17. The summed E-state index contributed by atoms with van der Waals surface area (Å²) in [4.78, 5) is 16.8. The number of rotatable bonds is 8. The number of pyridine rings is 1. The maximum Gasteiger partial charge on any atom is 0.224 e. The minimum Gasteiger partial charge on any atom is -0.465 e. The highest BCUT2D eigenvalue weighted by atomic mass is 16.5. The highest BCUT2D eigenvalue weighted by molar-refractivity contribution is 5.90. The Hall–Kier alpha value is -3.14. The topological polar surface area (TPSA) is 51.2 Å². The number of nitrogens with one attached hydrogen (secondary N) is 1. The predicted molar refractivity (Wildman–Crippen MR) is 124 cm³/mol. The van der Waals surface area contributed by atoms with Gasteiger partial charge in [-0.05, 0) is 29.5 Å². The monoisotopic (exact) mass is 414 g/mol. The summed E-state index contributed by atoms with van der Waals surface area (Å²) in [5, 5.41) is 2.97. The highest BCUT2D eigenvalue weighted by Gasteiger charge is 2.17. The molecule has 1 saturated carbocycles. The Kier molecular flexibility index (Phi) is 7.32. The van der Waals surface area contributed by atoms with E-state index in [4.69, 9.17) is 4.74 Å². The first-order chi connectivity index (χ1) is 15.3. The van der Waals surface area contributed by atoms with Crippen molar-refractivity contribution in [3.8, 4) is 5.88 Å². The van der Waals surface area contributed by atoms with Crippen LogP contribution in [0.4, 0.5) is 5.69 Å². The summed E-state index contributed by atoms with van der Waals surface area (Å²) in [6.07, 6.45) is 9.48. The molecule has 4 heteroatoms. The average Bonchev–Trinajstić information content (AvgIpc) is 2.84. The molecule has 0 unspecified atom stereocenters. The van der Waals surface area contributed by atoms with Gasteiger partial charge in [-0.3, -0.25) is 4.79 Å². The van der Waals surface area contributed by atoms with Crippen LogP contribution in [0, 0.1) is 5.92 Å². The molecule has 2 aromatic carbocycles. The smallest absolute Gasteiger partial charge is 0.224 e. The second kappa shape index (κ2) is 10.8. The van der Waals surface area contributed by atoms with E-state index in [0.717, 1.165) is 17.5 Å². The van der Waals surface area contributed by atoms with Gasteiger partial charge in [0.05, 0.1) is 11.9 Å². The summed E-state index contributed by atoms with van der Waals surface area (Å²) in [5.74, 6) is 1.30. The third-order valence-corrected chi connectivity index (χ3v) is 5.97. The summed E-state index contributed by atoms with van der Waals surface area (Å²) >= 11 is 0. The molecule has 0 radical (unpaired) electrons. The minimum atomic E-state index is -0.245. The number of ether oxygens (including phenoxy) is 1. The first kappa shape index (κ1) is 21.1. The molecule has 1 aliphatic carbocycles. The van der Waals surface area contributed by atoms with Crippen molar-refractivity contribution in [2.24, 2.45) is 5.92 Å². The van der Waals surface area contributed by atoms with Crippen molar-refractivity contribution in [3.05, 3.63) is 90.1 Å². The normalized spacial score (nSPS) is 14.4. The van der Waals surface area contributed by atoms with Crippen molar-refractivity contribution in [1.82, 2.24) is 4.98 Å². The Labute approximate surface area is 184 Å². The molecule has 1 aromatic heterocycles. The molecule has 0 saturated heterocycles. The van der Waals surface area contributed by atoms with Crippen LogP contribution in [0.1, 0.15) is 62.2 Å². The lowest BCUT2D eigenvalue weighted by Crippen LogP contribution is -2.15. The van der Waals surface area contributed by atoms with Crippen LogP contribution < -0.4 is 10.1 Å². The molecule has 1 fully saturated rings. The number of amides is 1. The summed E-state index contributed by atoms with van der Waals surface area (Å²) in [7, 11) is 0. The molecule has 0 atom stereocenters. The van der Waals surface area contributed by atoms with Gasteiger partial charge in [-0.1, -0.05) is 92.8 Å². The van der Waals surface area contributed by atoms with Gasteiger partial charge in [0.2, 0.25) is 11.8 Å². The molecule has 0 spiro atoms. The number of aromatic nitrogens is 1. The summed E-state index contributed by atoms with van der Waals surface area (Å²) in [6.45, 7) is 0. The van der Waals surface area contributed by atoms with Crippen molar-refractivity contribution >= 4 is 11.6 Å². The molecular formula is C27H30N2O2. The standard InChI is InChI=1S/C27H30N2O2/c30-25(18-16-21-10-4-1-5-11-21)29-24-17-19-26(28-20-24)31-27(22-12-6-2-7-13-22)23-14-8-3-9-15-23/h2-3,6-9,12-15,17,19-21,27H,1,4-5,10-11,16,18H2,(H,29,30). The Morgan fingerprint density at radius 2 is 1.55 bits per heavy atom. The number of anilines is 1. The summed E-state index contributed by atoms with van der Waals surface area (Å²) in [6, 6.07) is 23.9. The van der Waals surface area contributed by atoms with Gasteiger partial charge in [0.15, 0.2) is 6.10 Å². The fourth-order valence-corrected chi connectivity index (χ4v) is 4.26. The fraction of sp³-hybridized carbons (Fsp3) is 0.333. The van der Waals surface area contributed by atoms with E-state index in [1.54, 1.807) is 6.20 Å². The minimum absolute atomic E-state index is 0.0625. The van der Waals surface area contributed by atoms with Crippen LogP contribution >= 0.6 is 0 Å². The number of benzene rings is 2. The summed E-state index contributed by atoms with van der Waals surface area (Å²) in [5.41, 5.74) is 2.84. The molecule has 1 aliphatic rings.